The van der Waals surface area contributed by atoms with E-state index in [1.54, 1.807) is 17.3 Å². The van der Waals surface area contributed by atoms with E-state index in [9.17, 15) is 9.90 Å². The van der Waals surface area contributed by atoms with Crippen LogP contribution in [-0.4, -0.2) is 53.2 Å². The predicted molar refractivity (Wildman–Crippen MR) is 61.6 cm³/mol. The molecular weight excluding hydrogens is 226 g/mol. The first-order valence-electron chi connectivity index (χ1n) is 5.17. The lowest BCUT2D eigenvalue weighted by atomic mass is 10.2. The Labute approximate surface area is 98.1 Å². The number of aliphatic hydroxyl groups is 1. The number of nitrogens with one attached hydrogen (secondary N) is 1. The van der Waals surface area contributed by atoms with Crippen molar-refractivity contribution in [3.05, 3.63) is 16.1 Å². The maximum Gasteiger partial charge on any atom is 0.273 e. The Morgan fingerprint density at radius 1 is 1.69 bits per heavy atom. The number of aromatic nitrogens is 1. The molecule has 0 unspecified atom stereocenters. The van der Waals surface area contributed by atoms with Crippen molar-refractivity contribution >= 4 is 17.2 Å². The summed E-state index contributed by atoms with van der Waals surface area (Å²) in [6, 6.07) is -0.158. The summed E-state index contributed by atoms with van der Waals surface area (Å²) < 4.78 is 0. The average Bonchev–Trinajstić information content (AvgIpc) is 2.85. The Bertz CT molecular complexity index is 393. The van der Waals surface area contributed by atoms with Crippen molar-refractivity contribution in [2.75, 3.05) is 20.1 Å². The second-order valence-corrected chi connectivity index (χ2v) is 5.02. The minimum Gasteiger partial charge on any atom is -0.390 e. The summed E-state index contributed by atoms with van der Waals surface area (Å²) in [5, 5.41) is 15.4. The van der Waals surface area contributed by atoms with Crippen molar-refractivity contribution in [2.45, 2.75) is 19.1 Å². The van der Waals surface area contributed by atoms with Gasteiger partial charge in [-0.25, -0.2) is 4.98 Å². The quantitative estimate of drug-likeness (QED) is 0.756. The van der Waals surface area contributed by atoms with E-state index in [2.05, 4.69) is 10.3 Å². The predicted octanol–water partition coefficient (Wildman–Crippen LogP) is -0.144. The highest BCUT2D eigenvalue weighted by atomic mass is 32.1. The van der Waals surface area contributed by atoms with Crippen LogP contribution in [0.5, 0.6) is 0 Å². The van der Waals surface area contributed by atoms with Crippen LogP contribution in [-0.2, 0) is 0 Å². The fourth-order valence-electron chi connectivity index (χ4n) is 1.84. The first-order valence-corrected chi connectivity index (χ1v) is 6.05. The number of β-amino-alcohol motifs (C(OH)–C–C–N with tert-alkyl or cyclic N) is 1. The monoisotopic (exact) mass is 241 g/mol. The molecule has 2 N–H and O–H groups in total. The summed E-state index contributed by atoms with van der Waals surface area (Å²) in [5.74, 6) is -0.128. The summed E-state index contributed by atoms with van der Waals surface area (Å²) in [7, 11) is 1.71. The van der Waals surface area contributed by atoms with Crippen LogP contribution in [0.1, 0.15) is 15.5 Å². The zero-order valence-corrected chi connectivity index (χ0v) is 10.1. The number of rotatable bonds is 2. The smallest absolute Gasteiger partial charge is 0.273 e. The first kappa shape index (κ1) is 11.5. The number of nitrogens with zero attached hydrogens (tertiary/aromatic N) is 2. The van der Waals surface area contributed by atoms with Crippen molar-refractivity contribution in [3.63, 3.8) is 0 Å². The molecule has 0 aromatic carbocycles. The fourth-order valence-corrected chi connectivity index (χ4v) is 2.43. The second-order valence-electron chi connectivity index (χ2n) is 3.96. The Balaban J connectivity index is 2.10. The van der Waals surface area contributed by atoms with Gasteiger partial charge in [-0.05, 0) is 6.92 Å². The molecular formula is C10H15N3O2S. The van der Waals surface area contributed by atoms with E-state index >= 15 is 0 Å². The van der Waals surface area contributed by atoms with Crippen LogP contribution in [0.15, 0.2) is 5.38 Å². The van der Waals surface area contributed by atoms with Gasteiger partial charge in [0.2, 0.25) is 0 Å². The maximum atomic E-state index is 12.0. The molecule has 0 aliphatic carbocycles. The van der Waals surface area contributed by atoms with Crippen LogP contribution < -0.4 is 5.32 Å². The Kier molecular flexibility index (Phi) is 3.22. The molecule has 1 amide bonds. The molecule has 5 nitrogen and oxygen atoms in total. The zero-order valence-electron chi connectivity index (χ0n) is 9.30. The van der Waals surface area contributed by atoms with Crippen molar-refractivity contribution in [1.29, 1.82) is 0 Å². The van der Waals surface area contributed by atoms with Gasteiger partial charge in [0.1, 0.15) is 5.69 Å². The van der Waals surface area contributed by atoms with Gasteiger partial charge in [-0.1, -0.05) is 0 Å². The van der Waals surface area contributed by atoms with Gasteiger partial charge >= 0.3 is 0 Å². The van der Waals surface area contributed by atoms with Gasteiger partial charge in [0.15, 0.2) is 0 Å². The van der Waals surface area contributed by atoms with Crippen molar-refractivity contribution in [1.82, 2.24) is 15.2 Å². The first-order chi connectivity index (χ1) is 7.59. The van der Waals surface area contributed by atoms with Gasteiger partial charge < -0.3 is 15.3 Å². The van der Waals surface area contributed by atoms with Crippen molar-refractivity contribution in [2.24, 2.45) is 0 Å². The molecule has 2 atom stereocenters. The third kappa shape index (κ3) is 2.09. The Morgan fingerprint density at radius 2 is 2.44 bits per heavy atom. The number of aryl methyl sites for hydroxylation is 1. The molecule has 16 heavy (non-hydrogen) atoms. The average molecular weight is 241 g/mol. The number of carbonyl (C=O) groups excluding carboxylic acids is 1. The molecule has 2 rings (SSSR count). The fraction of sp³-hybridized carbons (Fsp3) is 0.600. The molecule has 1 fully saturated rings. The normalized spacial score (nSPS) is 24.7. The van der Waals surface area contributed by atoms with Gasteiger partial charge in [-0.3, -0.25) is 4.79 Å². The molecule has 1 aliphatic heterocycles. The highest BCUT2D eigenvalue weighted by Gasteiger charge is 2.32. The number of carbonyl (C=O) groups is 1. The van der Waals surface area contributed by atoms with Crippen LogP contribution in [0.2, 0.25) is 0 Å². The van der Waals surface area contributed by atoms with Gasteiger partial charge in [-0.2, -0.15) is 0 Å². The van der Waals surface area contributed by atoms with E-state index in [4.69, 9.17) is 0 Å². The Hall–Kier alpha value is -0.980. The lowest BCUT2D eigenvalue weighted by molar-refractivity contribution is 0.0576. The van der Waals surface area contributed by atoms with E-state index in [0.29, 0.717) is 18.8 Å². The van der Waals surface area contributed by atoms with Crippen molar-refractivity contribution in [3.8, 4) is 0 Å². The second kappa shape index (κ2) is 4.48. The van der Waals surface area contributed by atoms with Crippen molar-refractivity contribution < 1.29 is 9.90 Å². The number of amides is 1. The highest BCUT2D eigenvalue weighted by Crippen LogP contribution is 2.14. The minimum atomic E-state index is -0.492. The number of hydrogen-bond acceptors (Lipinski definition) is 5. The van der Waals surface area contributed by atoms with Gasteiger partial charge in [0, 0.05) is 25.5 Å². The molecule has 0 bridgehead atoms. The molecule has 0 saturated carbocycles. The summed E-state index contributed by atoms with van der Waals surface area (Å²) >= 11 is 1.46. The van der Waals surface area contributed by atoms with Gasteiger partial charge in [0.05, 0.1) is 17.2 Å². The standard InChI is InChI=1S/C10H15N3O2S/c1-6-12-7(5-16-6)10(15)13(2)8-3-11-4-9(8)14/h5,8-9,11,14H,3-4H2,1-2H3/t8-,9-/m0/s1. The summed E-state index contributed by atoms with van der Waals surface area (Å²) in [4.78, 5) is 17.7. The number of thiazole rings is 1. The highest BCUT2D eigenvalue weighted by molar-refractivity contribution is 7.09. The zero-order chi connectivity index (χ0) is 11.7. The molecule has 1 aliphatic rings. The minimum absolute atomic E-state index is 0.128. The molecule has 1 aromatic heterocycles. The van der Waals surface area contributed by atoms with E-state index in [1.807, 2.05) is 6.92 Å². The van der Waals surface area contributed by atoms with Gasteiger partial charge in [0.25, 0.3) is 5.91 Å². The van der Waals surface area contributed by atoms with Crippen LogP contribution in [0, 0.1) is 6.92 Å². The molecule has 0 radical (unpaired) electrons. The van der Waals surface area contributed by atoms with E-state index in [1.165, 1.54) is 11.3 Å². The SMILES string of the molecule is Cc1nc(C(=O)N(C)[C@H]2CNC[C@@H]2O)cs1. The Morgan fingerprint density at radius 3 is 2.94 bits per heavy atom. The maximum absolute atomic E-state index is 12.0. The topological polar surface area (TPSA) is 65.5 Å². The van der Waals surface area contributed by atoms with Gasteiger partial charge in [-0.15, -0.1) is 11.3 Å². The largest absolute Gasteiger partial charge is 0.390 e. The van der Waals surface area contributed by atoms with Crippen LogP contribution in [0.3, 0.4) is 0 Å². The number of hydrogen-bond donors (Lipinski definition) is 2. The summed E-state index contributed by atoms with van der Waals surface area (Å²) in [6.45, 7) is 3.04. The lowest BCUT2D eigenvalue weighted by Crippen LogP contribution is -2.44. The van der Waals surface area contributed by atoms with Crippen LogP contribution in [0.25, 0.3) is 0 Å². The molecule has 2 heterocycles. The third-order valence-corrected chi connectivity index (χ3v) is 3.58. The summed E-state index contributed by atoms with van der Waals surface area (Å²) in [5.41, 5.74) is 0.462. The number of likely N-dealkylation sites (N-methyl/N-ethyl adjacent to an activating group) is 1. The van der Waals surface area contributed by atoms with Crippen LogP contribution in [0.4, 0.5) is 0 Å². The molecule has 6 heteroatoms. The molecule has 0 spiro atoms. The van der Waals surface area contributed by atoms with Crippen LogP contribution >= 0.6 is 11.3 Å². The van der Waals surface area contributed by atoms with E-state index < -0.39 is 6.10 Å². The molecule has 1 saturated heterocycles. The summed E-state index contributed by atoms with van der Waals surface area (Å²) in [6.07, 6.45) is -0.492. The van der Waals surface area contributed by atoms with E-state index in [0.717, 1.165) is 5.01 Å². The van der Waals surface area contributed by atoms with E-state index in [-0.39, 0.29) is 11.9 Å². The number of aliphatic hydroxyl groups excluding tert-OH is 1. The molecule has 1 aromatic rings. The molecule has 88 valence electrons. The lowest BCUT2D eigenvalue weighted by Gasteiger charge is -2.25. The third-order valence-electron chi connectivity index (χ3n) is 2.81.